The van der Waals surface area contributed by atoms with Crippen LogP contribution in [0.3, 0.4) is 0 Å². The van der Waals surface area contributed by atoms with Crippen LogP contribution in [0.4, 0.5) is 8.78 Å². The van der Waals surface area contributed by atoms with Gasteiger partial charge in [0.15, 0.2) is 0 Å². The Bertz CT molecular complexity index is 1080. The molecule has 3 atom stereocenters. The van der Waals surface area contributed by atoms with Gasteiger partial charge in [-0.3, -0.25) is 9.59 Å². The molecule has 1 aromatic heterocycles. The first-order valence-electron chi connectivity index (χ1n) is 12.2. The molecule has 1 aliphatic heterocycles. The monoisotopic (exact) mass is 505 g/mol. The van der Waals surface area contributed by atoms with Gasteiger partial charge in [-0.05, 0) is 36.3 Å². The number of hydrogen-bond acceptors (Lipinski definition) is 6. The Hall–Kier alpha value is -3.08. The molecule has 0 unspecified atom stereocenters. The molecule has 1 aliphatic carbocycles. The molecule has 36 heavy (non-hydrogen) atoms. The number of rotatable bonds is 9. The molecule has 11 heteroatoms. The summed E-state index contributed by atoms with van der Waals surface area (Å²) in [5, 5.41) is 21.6. The average Bonchev–Trinajstić information content (AvgIpc) is 3.40. The first-order chi connectivity index (χ1) is 17.0. The number of benzene rings is 1. The summed E-state index contributed by atoms with van der Waals surface area (Å²) in [7, 11) is 0. The number of nitrogens with one attached hydrogen (secondary N) is 1. The van der Waals surface area contributed by atoms with Crippen molar-refractivity contribution in [3.63, 3.8) is 0 Å². The number of ether oxygens (including phenoxy) is 1. The van der Waals surface area contributed by atoms with Crippen molar-refractivity contribution in [3.8, 4) is 5.75 Å². The number of aliphatic hydroxyl groups excluding tert-OH is 1. The normalized spacial score (nSPS) is 21.0. The summed E-state index contributed by atoms with van der Waals surface area (Å²) in [6, 6.07) is 4.85. The zero-order valence-corrected chi connectivity index (χ0v) is 20.7. The lowest BCUT2D eigenvalue weighted by Crippen LogP contribution is -2.50. The molecular weight excluding hydrogens is 472 g/mol. The van der Waals surface area contributed by atoms with Crippen molar-refractivity contribution in [1.82, 2.24) is 25.2 Å². The number of β-amino-alcohol motifs (C(OH)–C–C–N with tert-alkyl or cyclic N) is 1. The number of carbonyl (C=O) groups excluding carboxylic acids is 2. The van der Waals surface area contributed by atoms with Crippen LogP contribution in [0.1, 0.15) is 63.3 Å². The second-order valence-electron chi connectivity index (χ2n) is 10.6. The van der Waals surface area contributed by atoms with Crippen LogP contribution in [-0.4, -0.2) is 68.7 Å². The Morgan fingerprint density at radius 3 is 2.64 bits per heavy atom. The molecule has 0 bridgehead atoms. The second-order valence-corrected chi connectivity index (χ2v) is 10.6. The third-order valence-corrected chi connectivity index (χ3v) is 6.59. The minimum atomic E-state index is -2.94. The summed E-state index contributed by atoms with van der Waals surface area (Å²) in [5.74, 6) is -0.265. The number of carbonyl (C=O) groups is 2. The standard InChI is InChI=1S/C25H33F2N5O4/c1-25(2,3)21(32-14-18(29-30-32)15-8-9-15)23(35)31-13-17(33)12-19(31)22(34)28-11-10-16-6-4-5-7-20(16)36-24(26)27/h4-7,14-15,17,19,21,24,33H,8-13H2,1-3H3,(H,28,34)/t17-,19+,21-/m1/s1. The Morgan fingerprint density at radius 1 is 1.25 bits per heavy atom. The molecule has 2 fully saturated rings. The van der Waals surface area contributed by atoms with Crippen molar-refractivity contribution in [2.75, 3.05) is 13.1 Å². The SMILES string of the molecule is CC(C)(C)[C@@H](C(=O)N1C[C@H](O)C[C@H]1C(=O)NCCc1ccccc1OC(F)F)n1cc(C2CC2)nn1. The molecule has 2 N–H and O–H groups in total. The fourth-order valence-electron chi connectivity index (χ4n) is 4.69. The number of hydrogen-bond donors (Lipinski definition) is 2. The molecule has 2 heterocycles. The third kappa shape index (κ3) is 6.00. The molecule has 1 saturated carbocycles. The summed E-state index contributed by atoms with van der Waals surface area (Å²) in [5.41, 5.74) is 0.876. The predicted molar refractivity (Wildman–Crippen MR) is 126 cm³/mol. The first kappa shape index (κ1) is 26.0. The van der Waals surface area contributed by atoms with E-state index in [9.17, 15) is 23.5 Å². The highest BCUT2D eigenvalue weighted by Gasteiger charge is 2.45. The van der Waals surface area contributed by atoms with Gasteiger partial charge in [-0.2, -0.15) is 8.78 Å². The summed E-state index contributed by atoms with van der Waals surface area (Å²) in [6.45, 7) is 3.03. The van der Waals surface area contributed by atoms with E-state index < -0.39 is 36.1 Å². The summed E-state index contributed by atoms with van der Waals surface area (Å²) in [6.07, 6.45) is 3.49. The molecule has 4 rings (SSSR count). The lowest BCUT2D eigenvalue weighted by Gasteiger charge is -2.34. The summed E-state index contributed by atoms with van der Waals surface area (Å²) in [4.78, 5) is 28.2. The van der Waals surface area contributed by atoms with E-state index in [1.165, 1.54) is 11.0 Å². The zero-order valence-electron chi connectivity index (χ0n) is 20.7. The lowest BCUT2D eigenvalue weighted by molar-refractivity contribution is -0.144. The van der Waals surface area contributed by atoms with Crippen LogP contribution >= 0.6 is 0 Å². The average molecular weight is 506 g/mol. The summed E-state index contributed by atoms with van der Waals surface area (Å²) >= 11 is 0. The van der Waals surface area contributed by atoms with E-state index in [0.29, 0.717) is 11.5 Å². The van der Waals surface area contributed by atoms with Gasteiger partial charge in [-0.1, -0.05) is 44.2 Å². The highest BCUT2D eigenvalue weighted by atomic mass is 19.3. The molecule has 9 nitrogen and oxygen atoms in total. The molecular formula is C25H33F2N5O4. The van der Waals surface area contributed by atoms with E-state index in [0.717, 1.165) is 18.5 Å². The van der Waals surface area contributed by atoms with Crippen molar-refractivity contribution in [3.05, 3.63) is 41.7 Å². The van der Waals surface area contributed by atoms with Crippen LogP contribution in [0.25, 0.3) is 0 Å². The molecule has 1 aromatic carbocycles. The molecule has 1 saturated heterocycles. The third-order valence-electron chi connectivity index (χ3n) is 6.59. The van der Waals surface area contributed by atoms with Gasteiger partial charge >= 0.3 is 6.61 Å². The Labute approximate surface area is 208 Å². The van der Waals surface area contributed by atoms with Gasteiger partial charge in [0, 0.05) is 31.6 Å². The number of alkyl halides is 2. The smallest absolute Gasteiger partial charge is 0.387 e. The topological polar surface area (TPSA) is 110 Å². The van der Waals surface area contributed by atoms with E-state index in [1.54, 1.807) is 22.9 Å². The van der Waals surface area contributed by atoms with Gasteiger partial charge in [-0.15, -0.1) is 5.10 Å². The number of aliphatic hydroxyl groups is 1. The zero-order chi connectivity index (χ0) is 26.0. The fourth-order valence-corrected chi connectivity index (χ4v) is 4.69. The maximum atomic E-state index is 13.7. The van der Waals surface area contributed by atoms with Crippen molar-refractivity contribution in [2.24, 2.45) is 5.41 Å². The van der Waals surface area contributed by atoms with E-state index >= 15 is 0 Å². The second kappa shape index (κ2) is 10.5. The van der Waals surface area contributed by atoms with E-state index in [1.807, 2.05) is 27.0 Å². The quantitative estimate of drug-likeness (QED) is 0.542. The Balaban J connectivity index is 1.44. The highest BCUT2D eigenvalue weighted by molar-refractivity contribution is 5.90. The van der Waals surface area contributed by atoms with Gasteiger partial charge in [0.2, 0.25) is 11.8 Å². The number of amides is 2. The minimum Gasteiger partial charge on any atom is -0.435 e. The van der Waals surface area contributed by atoms with E-state index in [-0.39, 0.29) is 37.6 Å². The van der Waals surface area contributed by atoms with Gasteiger partial charge in [0.1, 0.15) is 17.8 Å². The summed E-state index contributed by atoms with van der Waals surface area (Å²) < 4.78 is 31.4. The van der Waals surface area contributed by atoms with Crippen molar-refractivity contribution in [1.29, 1.82) is 0 Å². The van der Waals surface area contributed by atoms with Gasteiger partial charge < -0.3 is 20.1 Å². The van der Waals surface area contributed by atoms with Gasteiger partial charge in [0.25, 0.3) is 0 Å². The minimum absolute atomic E-state index is 0.0404. The molecule has 0 spiro atoms. The number of halogens is 2. The van der Waals surface area contributed by atoms with Crippen molar-refractivity contribution >= 4 is 11.8 Å². The number of nitrogens with zero attached hydrogens (tertiary/aromatic N) is 4. The van der Waals surface area contributed by atoms with Gasteiger partial charge in [0.05, 0.1) is 11.8 Å². The maximum Gasteiger partial charge on any atom is 0.387 e. The van der Waals surface area contributed by atoms with Gasteiger partial charge in [-0.25, -0.2) is 4.68 Å². The molecule has 0 radical (unpaired) electrons. The largest absolute Gasteiger partial charge is 0.435 e. The maximum absolute atomic E-state index is 13.7. The van der Waals surface area contributed by atoms with Crippen LogP contribution < -0.4 is 10.1 Å². The van der Waals surface area contributed by atoms with Crippen LogP contribution in [0.5, 0.6) is 5.75 Å². The Kier molecular flexibility index (Phi) is 7.58. The number of aromatic nitrogens is 3. The van der Waals surface area contributed by atoms with E-state index in [2.05, 4.69) is 20.4 Å². The molecule has 2 aliphatic rings. The van der Waals surface area contributed by atoms with Crippen molar-refractivity contribution < 1.29 is 28.2 Å². The molecule has 2 amide bonds. The molecule has 2 aromatic rings. The Morgan fingerprint density at radius 2 is 1.97 bits per heavy atom. The lowest BCUT2D eigenvalue weighted by atomic mass is 9.85. The number of para-hydroxylation sites is 1. The van der Waals surface area contributed by atoms with Crippen molar-refractivity contribution in [2.45, 2.75) is 77.2 Å². The van der Waals surface area contributed by atoms with Crippen LogP contribution in [0.15, 0.2) is 30.5 Å². The van der Waals surface area contributed by atoms with E-state index in [4.69, 9.17) is 0 Å². The van der Waals surface area contributed by atoms with Crippen LogP contribution in [0, 0.1) is 5.41 Å². The highest BCUT2D eigenvalue weighted by Crippen LogP contribution is 2.40. The van der Waals surface area contributed by atoms with Crippen LogP contribution in [-0.2, 0) is 16.0 Å². The van der Waals surface area contributed by atoms with Crippen LogP contribution in [0.2, 0.25) is 0 Å². The predicted octanol–water partition coefficient (Wildman–Crippen LogP) is 2.66. The molecule has 196 valence electrons. The first-order valence-corrected chi connectivity index (χ1v) is 12.2. The fraction of sp³-hybridized carbons (Fsp3) is 0.600. The number of likely N-dealkylation sites (tertiary alicyclic amines) is 1.